The zero-order chi connectivity index (χ0) is 23.2. The predicted octanol–water partition coefficient (Wildman–Crippen LogP) is 9.62. The standard InChI is InChI=1S/C34H23N/c1-3-11-24(12-4-1)25-19-21-28(22-20-25)35(27-14-5-2-6-15-27)34-29-16-8-7-13-26(29)23-32-30-17-9-10-18-31(30)33(32)34/h1-23H. The molecular weight excluding hydrogens is 422 g/mol. The van der Waals surface area contributed by atoms with Gasteiger partial charge in [0.05, 0.1) is 5.69 Å². The molecule has 0 heterocycles. The maximum absolute atomic E-state index is 2.42. The first-order valence-corrected chi connectivity index (χ1v) is 12.0. The van der Waals surface area contributed by atoms with Gasteiger partial charge in [0, 0.05) is 22.3 Å². The highest BCUT2D eigenvalue weighted by molar-refractivity contribution is 6.18. The number of benzene rings is 6. The van der Waals surface area contributed by atoms with Gasteiger partial charge in [0.2, 0.25) is 0 Å². The molecule has 0 bridgehead atoms. The molecule has 1 aliphatic carbocycles. The summed E-state index contributed by atoms with van der Waals surface area (Å²) in [5.74, 6) is 0. The Morgan fingerprint density at radius 1 is 0.400 bits per heavy atom. The van der Waals surface area contributed by atoms with Crippen molar-refractivity contribution in [1.82, 2.24) is 0 Å². The van der Waals surface area contributed by atoms with E-state index in [-0.39, 0.29) is 0 Å². The number of rotatable bonds is 4. The fourth-order valence-electron chi connectivity index (χ4n) is 5.34. The molecule has 0 saturated carbocycles. The van der Waals surface area contributed by atoms with Crippen LogP contribution in [0.15, 0.2) is 140 Å². The molecule has 1 nitrogen and oxygen atoms in total. The van der Waals surface area contributed by atoms with E-state index in [2.05, 4.69) is 144 Å². The van der Waals surface area contributed by atoms with E-state index in [1.165, 1.54) is 49.8 Å². The molecule has 1 heteroatoms. The molecule has 0 atom stereocenters. The van der Waals surface area contributed by atoms with Crippen LogP contribution in [0.1, 0.15) is 0 Å². The molecule has 6 aromatic carbocycles. The first-order chi connectivity index (χ1) is 17.4. The summed E-state index contributed by atoms with van der Waals surface area (Å²) in [4.78, 5) is 2.42. The largest absolute Gasteiger partial charge is 0.309 e. The highest BCUT2D eigenvalue weighted by Gasteiger charge is 2.30. The fourth-order valence-corrected chi connectivity index (χ4v) is 5.34. The fraction of sp³-hybridized carbons (Fsp3) is 0. The average Bonchev–Trinajstić information content (AvgIpc) is 2.93. The minimum Gasteiger partial charge on any atom is -0.309 e. The third kappa shape index (κ3) is 3.17. The van der Waals surface area contributed by atoms with Crippen molar-refractivity contribution in [2.75, 3.05) is 4.90 Å². The van der Waals surface area contributed by atoms with Crippen molar-refractivity contribution in [3.05, 3.63) is 140 Å². The molecule has 7 rings (SSSR count). The summed E-state index contributed by atoms with van der Waals surface area (Å²) in [7, 11) is 0. The van der Waals surface area contributed by atoms with Crippen molar-refractivity contribution in [3.8, 4) is 33.4 Å². The van der Waals surface area contributed by atoms with Crippen molar-refractivity contribution in [1.29, 1.82) is 0 Å². The van der Waals surface area contributed by atoms with Crippen molar-refractivity contribution >= 4 is 27.8 Å². The summed E-state index contributed by atoms with van der Waals surface area (Å²) in [6.45, 7) is 0. The number of anilines is 3. The highest BCUT2D eigenvalue weighted by atomic mass is 15.1. The van der Waals surface area contributed by atoms with E-state index in [1.807, 2.05) is 0 Å². The van der Waals surface area contributed by atoms with Crippen molar-refractivity contribution in [2.45, 2.75) is 0 Å². The minimum atomic E-state index is 1.15. The minimum absolute atomic E-state index is 1.15. The molecule has 1 aliphatic rings. The summed E-state index contributed by atoms with van der Waals surface area (Å²) < 4.78 is 0. The summed E-state index contributed by atoms with van der Waals surface area (Å²) in [6.07, 6.45) is 0. The zero-order valence-corrected chi connectivity index (χ0v) is 19.2. The molecule has 164 valence electrons. The van der Waals surface area contributed by atoms with E-state index in [0.29, 0.717) is 0 Å². The Hall–Kier alpha value is -4.62. The second-order valence-corrected chi connectivity index (χ2v) is 9.00. The van der Waals surface area contributed by atoms with Crippen LogP contribution in [0.4, 0.5) is 17.1 Å². The maximum atomic E-state index is 2.42. The van der Waals surface area contributed by atoms with Gasteiger partial charge in [-0.1, -0.05) is 109 Å². The van der Waals surface area contributed by atoms with Gasteiger partial charge in [-0.15, -0.1) is 0 Å². The Bertz CT molecular complexity index is 1670. The average molecular weight is 446 g/mol. The van der Waals surface area contributed by atoms with Gasteiger partial charge >= 0.3 is 0 Å². The van der Waals surface area contributed by atoms with E-state index < -0.39 is 0 Å². The topological polar surface area (TPSA) is 3.24 Å². The van der Waals surface area contributed by atoms with E-state index in [9.17, 15) is 0 Å². The first-order valence-electron chi connectivity index (χ1n) is 12.0. The molecular formula is C34H23N. The van der Waals surface area contributed by atoms with Crippen LogP contribution in [0, 0.1) is 0 Å². The Morgan fingerprint density at radius 3 is 1.74 bits per heavy atom. The van der Waals surface area contributed by atoms with Crippen LogP contribution < -0.4 is 4.90 Å². The predicted molar refractivity (Wildman–Crippen MR) is 148 cm³/mol. The Morgan fingerprint density at radius 2 is 0.971 bits per heavy atom. The normalized spacial score (nSPS) is 11.4. The van der Waals surface area contributed by atoms with Crippen LogP contribution in [0.2, 0.25) is 0 Å². The van der Waals surface area contributed by atoms with Crippen LogP contribution in [-0.2, 0) is 0 Å². The lowest BCUT2D eigenvalue weighted by Crippen LogP contribution is -2.14. The summed E-state index contributed by atoms with van der Waals surface area (Å²) in [5, 5.41) is 2.52. The Labute approximate surface area is 205 Å². The van der Waals surface area contributed by atoms with Gasteiger partial charge in [-0.3, -0.25) is 0 Å². The maximum Gasteiger partial charge on any atom is 0.0624 e. The summed E-state index contributed by atoms with van der Waals surface area (Å²) in [6, 6.07) is 50.1. The van der Waals surface area contributed by atoms with Crippen LogP contribution >= 0.6 is 0 Å². The van der Waals surface area contributed by atoms with Gasteiger partial charge in [0.25, 0.3) is 0 Å². The molecule has 0 unspecified atom stereocenters. The van der Waals surface area contributed by atoms with Gasteiger partial charge in [-0.05, 0) is 63.5 Å². The molecule has 0 aliphatic heterocycles. The van der Waals surface area contributed by atoms with Gasteiger partial charge in [0.1, 0.15) is 0 Å². The van der Waals surface area contributed by atoms with E-state index in [4.69, 9.17) is 0 Å². The van der Waals surface area contributed by atoms with Gasteiger partial charge < -0.3 is 4.90 Å². The van der Waals surface area contributed by atoms with Gasteiger partial charge in [-0.2, -0.15) is 0 Å². The molecule has 35 heavy (non-hydrogen) atoms. The SMILES string of the molecule is c1ccc(-c2ccc(N(c3ccccc3)c3c4c(cc5ccccc35)-c3ccccc3-4)cc2)cc1. The molecule has 6 aromatic rings. The monoisotopic (exact) mass is 445 g/mol. The molecule has 0 saturated heterocycles. The lowest BCUT2D eigenvalue weighted by Gasteiger charge is -2.35. The molecule has 0 aromatic heterocycles. The number of para-hydroxylation sites is 1. The number of nitrogens with zero attached hydrogens (tertiary/aromatic N) is 1. The third-order valence-corrected chi connectivity index (χ3v) is 6.98. The van der Waals surface area contributed by atoms with E-state index in [1.54, 1.807) is 0 Å². The van der Waals surface area contributed by atoms with Gasteiger partial charge in [-0.25, -0.2) is 0 Å². The van der Waals surface area contributed by atoms with Crippen molar-refractivity contribution in [3.63, 3.8) is 0 Å². The van der Waals surface area contributed by atoms with Crippen LogP contribution in [0.3, 0.4) is 0 Å². The zero-order valence-electron chi connectivity index (χ0n) is 19.2. The Kier molecular flexibility index (Phi) is 4.53. The summed E-state index contributed by atoms with van der Waals surface area (Å²) >= 11 is 0. The van der Waals surface area contributed by atoms with Gasteiger partial charge in [0.15, 0.2) is 0 Å². The third-order valence-electron chi connectivity index (χ3n) is 6.98. The van der Waals surface area contributed by atoms with Crippen LogP contribution in [0.25, 0.3) is 44.2 Å². The van der Waals surface area contributed by atoms with E-state index >= 15 is 0 Å². The van der Waals surface area contributed by atoms with Crippen LogP contribution in [0.5, 0.6) is 0 Å². The lowest BCUT2D eigenvalue weighted by molar-refractivity contribution is 1.29. The number of fused-ring (bicyclic) bond motifs is 5. The molecule has 0 amide bonds. The second kappa shape index (κ2) is 8.00. The second-order valence-electron chi connectivity index (χ2n) is 9.00. The molecule has 0 fully saturated rings. The quantitative estimate of drug-likeness (QED) is 0.261. The smallest absolute Gasteiger partial charge is 0.0624 e. The Balaban J connectivity index is 1.48. The van der Waals surface area contributed by atoms with E-state index in [0.717, 1.165) is 11.4 Å². The number of hydrogen-bond donors (Lipinski definition) is 0. The molecule has 0 radical (unpaired) electrons. The molecule has 0 spiro atoms. The first kappa shape index (κ1) is 19.8. The van der Waals surface area contributed by atoms with Crippen molar-refractivity contribution in [2.24, 2.45) is 0 Å². The highest BCUT2D eigenvalue weighted by Crippen LogP contribution is 2.56. The molecule has 0 N–H and O–H groups in total. The van der Waals surface area contributed by atoms with Crippen molar-refractivity contribution < 1.29 is 0 Å². The number of hydrogen-bond acceptors (Lipinski definition) is 1. The summed E-state index contributed by atoms with van der Waals surface area (Å²) in [5.41, 5.74) is 11.3. The lowest BCUT2D eigenvalue weighted by atomic mass is 9.77. The van der Waals surface area contributed by atoms with Crippen LogP contribution in [-0.4, -0.2) is 0 Å².